The van der Waals surface area contributed by atoms with Gasteiger partial charge in [-0.2, -0.15) is 0 Å². The number of nitrogens with zero attached hydrogens (tertiary/aromatic N) is 1. The van der Waals surface area contributed by atoms with Gasteiger partial charge >= 0.3 is 0 Å². The van der Waals surface area contributed by atoms with Crippen molar-refractivity contribution in [1.29, 1.82) is 0 Å². The third kappa shape index (κ3) is 2.93. The van der Waals surface area contributed by atoms with Gasteiger partial charge in [0, 0.05) is 19.1 Å². The second kappa shape index (κ2) is 5.85. The van der Waals surface area contributed by atoms with Gasteiger partial charge in [0.1, 0.15) is 0 Å². The Balaban J connectivity index is 1.47. The van der Waals surface area contributed by atoms with Crippen LogP contribution in [0.2, 0.25) is 0 Å². The summed E-state index contributed by atoms with van der Waals surface area (Å²) in [5.74, 6) is 0. The van der Waals surface area contributed by atoms with Crippen LogP contribution in [0.5, 0.6) is 0 Å². The van der Waals surface area contributed by atoms with Gasteiger partial charge in [0.15, 0.2) is 0 Å². The molecule has 0 N–H and O–H groups in total. The third-order valence-corrected chi connectivity index (χ3v) is 4.36. The van der Waals surface area contributed by atoms with E-state index in [1.54, 1.807) is 0 Å². The van der Waals surface area contributed by atoms with Crippen molar-refractivity contribution in [2.45, 2.75) is 44.2 Å². The largest absolute Gasteiger partial charge is 0.376 e. The quantitative estimate of drug-likeness (QED) is 0.809. The highest BCUT2D eigenvalue weighted by Gasteiger charge is 2.29. The van der Waals surface area contributed by atoms with E-state index >= 15 is 0 Å². The van der Waals surface area contributed by atoms with Gasteiger partial charge in [0.2, 0.25) is 0 Å². The van der Waals surface area contributed by atoms with Crippen LogP contribution in [0.3, 0.4) is 0 Å². The first-order chi connectivity index (χ1) is 8.92. The lowest BCUT2D eigenvalue weighted by molar-refractivity contribution is -0.0575. The van der Waals surface area contributed by atoms with Crippen molar-refractivity contribution < 1.29 is 4.74 Å². The Morgan fingerprint density at radius 3 is 2.72 bits per heavy atom. The highest BCUT2D eigenvalue weighted by molar-refractivity contribution is 5.14. The van der Waals surface area contributed by atoms with Gasteiger partial charge in [-0.25, -0.2) is 0 Å². The second-order valence-electron chi connectivity index (χ2n) is 5.60. The minimum atomic E-state index is 0.444. The predicted molar refractivity (Wildman–Crippen MR) is 73.7 cm³/mol. The first-order valence-electron chi connectivity index (χ1n) is 7.31. The Kier molecular flexibility index (Phi) is 3.96. The topological polar surface area (TPSA) is 12.5 Å². The van der Waals surface area contributed by atoms with Crippen molar-refractivity contribution in [3.63, 3.8) is 0 Å². The standard InChI is InChI=1S/C16H23NO/c1-2-5-14(6-3-1)9-10-16-13-17(11-12-18-16)15-7-4-8-15/h1-3,5-6,15-16H,4,7-13H2. The molecule has 1 heterocycles. The minimum Gasteiger partial charge on any atom is -0.376 e. The molecule has 1 aromatic rings. The number of ether oxygens (including phenoxy) is 1. The maximum atomic E-state index is 5.91. The molecule has 2 heteroatoms. The molecule has 0 radical (unpaired) electrons. The van der Waals surface area contributed by atoms with E-state index < -0.39 is 0 Å². The number of rotatable bonds is 4. The van der Waals surface area contributed by atoms with Gasteiger partial charge in [0.05, 0.1) is 12.7 Å². The summed E-state index contributed by atoms with van der Waals surface area (Å²) < 4.78 is 5.91. The van der Waals surface area contributed by atoms with Crippen LogP contribution >= 0.6 is 0 Å². The molecule has 18 heavy (non-hydrogen) atoms. The molecule has 3 rings (SSSR count). The second-order valence-corrected chi connectivity index (χ2v) is 5.60. The fourth-order valence-electron chi connectivity index (χ4n) is 2.97. The Bertz CT molecular complexity index is 361. The van der Waals surface area contributed by atoms with E-state index in [1.807, 2.05) is 0 Å². The SMILES string of the molecule is c1ccc(CCC2CN(C3CCC3)CCO2)cc1. The van der Waals surface area contributed by atoms with Crippen LogP contribution in [0.1, 0.15) is 31.2 Å². The van der Waals surface area contributed by atoms with Gasteiger partial charge in [-0.1, -0.05) is 36.8 Å². The molecule has 1 aromatic carbocycles. The molecule has 0 aromatic heterocycles. The lowest BCUT2D eigenvalue weighted by Gasteiger charge is -2.42. The van der Waals surface area contributed by atoms with Crippen molar-refractivity contribution in [2.75, 3.05) is 19.7 Å². The summed E-state index contributed by atoms with van der Waals surface area (Å²) >= 11 is 0. The molecule has 2 fully saturated rings. The Morgan fingerprint density at radius 1 is 1.17 bits per heavy atom. The summed E-state index contributed by atoms with van der Waals surface area (Å²) in [7, 11) is 0. The summed E-state index contributed by atoms with van der Waals surface area (Å²) in [4.78, 5) is 2.66. The molecule has 1 atom stereocenters. The molecule has 1 aliphatic carbocycles. The molecule has 2 aliphatic rings. The smallest absolute Gasteiger partial charge is 0.0705 e. The lowest BCUT2D eigenvalue weighted by atomic mass is 9.90. The van der Waals surface area contributed by atoms with Crippen LogP contribution in [0.15, 0.2) is 30.3 Å². The van der Waals surface area contributed by atoms with E-state index in [4.69, 9.17) is 4.74 Å². The average molecular weight is 245 g/mol. The fraction of sp³-hybridized carbons (Fsp3) is 0.625. The highest BCUT2D eigenvalue weighted by atomic mass is 16.5. The molecule has 1 saturated heterocycles. The first kappa shape index (κ1) is 12.2. The molecule has 1 aliphatic heterocycles. The fourth-order valence-corrected chi connectivity index (χ4v) is 2.97. The van der Waals surface area contributed by atoms with Crippen LogP contribution in [0.25, 0.3) is 0 Å². The van der Waals surface area contributed by atoms with E-state index in [-0.39, 0.29) is 0 Å². The zero-order chi connectivity index (χ0) is 12.2. The molecular weight excluding hydrogens is 222 g/mol. The number of morpholine rings is 1. The van der Waals surface area contributed by atoms with Crippen LogP contribution < -0.4 is 0 Å². The minimum absolute atomic E-state index is 0.444. The summed E-state index contributed by atoms with van der Waals surface area (Å²) in [6, 6.07) is 11.6. The molecule has 0 bridgehead atoms. The lowest BCUT2D eigenvalue weighted by Crippen LogP contribution is -2.50. The summed E-state index contributed by atoms with van der Waals surface area (Å²) in [6.07, 6.45) is 6.99. The van der Waals surface area contributed by atoms with Gasteiger partial charge < -0.3 is 4.74 Å². The average Bonchev–Trinajstić information content (AvgIpc) is 2.36. The van der Waals surface area contributed by atoms with E-state index in [2.05, 4.69) is 35.2 Å². The molecule has 0 amide bonds. The summed E-state index contributed by atoms with van der Waals surface area (Å²) in [5.41, 5.74) is 1.43. The monoisotopic (exact) mass is 245 g/mol. The number of aryl methyl sites for hydroxylation is 1. The highest BCUT2D eigenvalue weighted by Crippen LogP contribution is 2.26. The van der Waals surface area contributed by atoms with Gasteiger partial charge in [0.25, 0.3) is 0 Å². The predicted octanol–water partition coefficient (Wildman–Crippen LogP) is 2.87. The molecule has 0 spiro atoms. The number of hydrogen-bond acceptors (Lipinski definition) is 2. The molecule has 1 saturated carbocycles. The number of benzene rings is 1. The maximum absolute atomic E-state index is 5.91. The van der Waals surface area contributed by atoms with Crippen molar-refractivity contribution >= 4 is 0 Å². The zero-order valence-electron chi connectivity index (χ0n) is 11.1. The Labute approximate surface area is 110 Å². The van der Waals surface area contributed by atoms with Gasteiger partial charge in [-0.3, -0.25) is 4.90 Å². The Hall–Kier alpha value is -0.860. The zero-order valence-corrected chi connectivity index (χ0v) is 11.1. The molecule has 1 unspecified atom stereocenters. The van der Waals surface area contributed by atoms with E-state index in [0.717, 1.165) is 38.6 Å². The van der Waals surface area contributed by atoms with E-state index in [0.29, 0.717) is 6.10 Å². The third-order valence-electron chi connectivity index (χ3n) is 4.36. The maximum Gasteiger partial charge on any atom is 0.0705 e. The normalized spacial score (nSPS) is 25.9. The Morgan fingerprint density at radius 2 is 2.00 bits per heavy atom. The summed E-state index contributed by atoms with van der Waals surface area (Å²) in [5, 5.41) is 0. The van der Waals surface area contributed by atoms with Gasteiger partial charge in [-0.15, -0.1) is 0 Å². The molecular formula is C16H23NO. The summed E-state index contributed by atoms with van der Waals surface area (Å²) in [6.45, 7) is 3.22. The molecule has 2 nitrogen and oxygen atoms in total. The number of hydrogen-bond donors (Lipinski definition) is 0. The molecule has 98 valence electrons. The van der Waals surface area contributed by atoms with Crippen molar-refractivity contribution in [2.24, 2.45) is 0 Å². The van der Waals surface area contributed by atoms with Crippen LogP contribution in [-0.2, 0) is 11.2 Å². The van der Waals surface area contributed by atoms with Gasteiger partial charge in [-0.05, 0) is 31.2 Å². The van der Waals surface area contributed by atoms with E-state index in [9.17, 15) is 0 Å². The van der Waals surface area contributed by atoms with Crippen molar-refractivity contribution in [3.8, 4) is 0 Å². The van der Waals surface area contributed by atoms with E-state index in [1.165, 1.54) is 24.8 Å². The van der Waals surface area contributed by atoms with Crippen LogP contribution in [0, 0.1) is 0 Å². The first-order valence-corrected chi connectivity index (χ1v) is 7.31. The van der Waals surface area contributed by atoms with Crippen molar-refractivity contribution in [3.05, 3.63) is 35.9 Å². The van der Waals surface area contributed by atoms with Crippen LogP contribution in [0.4, 0.5) is 0 Å². The van der Waals surface area contributed by atoms with Crippen molar-refractivity contribution in [1.82, 2.24) is 4.90 Å². The van der Waals surface area contributed by atoms with Crippen LogP contribution in [-0.4, -0.2) is 36.7 Å².